The van der Waals surface area contributed by atoms with Crippen molar-refractivity contribution in [2.75, 3.05) is 7.11 Å². The summed E-state index contributed by atoms with van der Waals surface area (Å²) in [5.74, 6) is 0.901. The van der Waals surface area contributed by atoms with Crippen LogP contribution in [0.5, 0.6) is 5.75 Å². The SMILES string of the molecule is COc1ccc2c(-c3ccccc3)c(-c3ccccc3)sc2c1. The molecule has 0 N–H and O–H groups in total. The van der Waals surface area contributed by atoms with E-state index in [1.54, 1.807) is 7.11 Å². The first-order valence-corrected chi connectivity index (χ1v) is 8.40. The number of fused-ring (bicyclic) bond motifs is 1. The average molecular weight is 316 g/mol. The Labute approximate surface area is 139 Å². The van der Waals surface area contributed by atoms with Gasteiger partial charge in [0.1, 0.15) is 5.75 Å². The van der Waals surface area contributed by atoms with E-state index in [0.29, 0.717) is 0 Å². The van der Waals surface area contributed by atoms with Gasteiger partial charge in [0.15, 0.2) is 0 Å². The Hall–Kier alpha value is -2.58. The zero-order valence-electron chi connectivity index (χ0n) is 12.8. The molecule has 1 aromatic heterocycles. The van der Waals surface area contributed by atoms with Gasteiger partial charge in [-0.2, -0.15) is 0 Å². The zero-order chi connectivity index (χ0) is 15.6. The Bertz CT molecular complexity index is 940. The minimum Gasteiger partial charge on any atom is -0.497 e. The van der Waals surface area contributed by atoms with Gasteiger partial charge in [0.2, 0.25) is 0 Å². The third-order valence-corrected chi connectivity index (χ3v) is 5.20. The van der Waals surface area contributed by atoms with Gasteiger partial charge in [0.05, 0.1) is 7.11 Å². The predicted octanol–water partition coefficient (Wildman–Crippen LogP) is 6.24. The van der Waals surface area contributed by atoms with Crippen LogP contribution < -0.4 is 4.74 Å². The molecular formula is C21H16OS. The van der Waals surface area contributed by atoms with E-state index in [9.17, 15) is 0 Å². The van der Waals surface area contributed by atoms with Gasteiger partial charge in [0.25, 0.3) is 0 Å². The quantitative estimate of drug-likeness (QED) is 0.434. The highest BCUT2D eigenvalue weighted by atomic mass is 32.1. The number of ether oxygens (including phenoxy) is 1. The third-order valence-electron chi connectivity index (χ3n) is 4.00. The highest BCUT2D eigenvalue weighted by molar-refractivity contribution is 7.23. The Balaban J connectivity index is 2.04. The Kier molecular flexibility index (Phi) is 3.60. The van der Waals surface area contributed by atoms with Crippen molar-refractivity contribution < 1.29 is 4.74 Å². The number of thiophene rings is 1. The lowest BCUT2D eigenvalue weighted by molar-refractivity contribution is 0.415. The maximum Gasteiger partial charge on any atom is 0.120 e. The molecule has 0 radical (unpaired) electrons. The van der Waals surface area contributed by atoms with Gasteiger partial charge >= 0.3 is 0 Å². The summed E-state index contributed by atoms with van der Waals surface area (Å²) in [5.41, 5.74) is 3.81. The molecule has 0 saturated carbocycles. The lowest BCUT2D eigenvalue weighted by Gasteiger charge is -2.06. The molecule has 4 aromatic rings. The van der Waals surface area contributed by atoms with E-state index in [-0.39, 0.29) is 0 Å². The van der Waals surface area contributed by atoms with Crippen LogP contribution in [0, 0.1) is 0 Å². The fourth-order valence-electron chi connectivity index (χ4n) is 2.89. The molecule has 0 aliphatic rings. The van der Waals surface area contributed by atoms with E-state index < -0.39 is 0 Å². The summed E-state index contributed by atoms with van der Waals surface area (Å²) in [4.78, 5) is 1.31. The van der Waals surface area contributed by atoms with E-state index >= 15 is 0 Å². The molecule has 3 aromatic carbocycles. The van der Waals surface area contributed by atoms with E-state index in [4.69, 9.17) is 4.74 Å². The van der Waals surface area contributed by atoms with Crippen molar-refractivity contribution in [3.63, 3.8) is 0 Å². The maximum absolute atomic E-state index is 5.39. The van der Waals surface area contributed by atoms with Gasteiger partial charge < -0.3 is 4.74 Å². The van der Waals surface area contributed by atoms with Crippen LogP contribution in [0.3, 0.4) is 0 Å². The molecule has 0 amide bonds. The fourth-order valence-corrected chi connectivity index (χ4v) is 4.15. The minimum absolute atomic E-state index is 0.901. The van der Waals surface area contributed by atoms with Crippen molar-refractivity contribution in [2.24, 2.45) is 0 Å². The average Bonchev–Trinajstić information content (AvgIpc) is 3.01. The molecule has 0 saturated heterocycles. The first kappa shape index (κ1) is 14.0. The Morgan fingerprint density at radius 2 is 1.39 bits per heavy atom. The van der Waals surface area contributed by atoms with Crippen LogP contribution in [0.25, 0.3) is 31.7 Å². The number of methoxy groups -OCH3 is 1. The molecule has 0 spiro atoms. The van der Waals surface area contributed by atoms with E-state index in [1.807, 2.05) is 17.4 Å². The molecule has 0 bridgehead atoms. The summed E-state index contributed by atoms with van der Waals surface area (Å²) in [6.45, 7) is 0. The Morgan fingerprint density at radius 3 is 2.04 bits per heavy atom. The monoisotopic (exact) mass is 316 g/mol. The normalized spacial score (nSPS) is 10.8. The van der Waals surface area contributed by atoms with Gasteiger partial charge in [0, 0.05) is 20.5 Å². The van der Waals surface area contributed by atoms with Crippen LogP contribution in [-0.2, 0) is 0 Å². The summed E-state index contributed by atoms with van der Waals surface area (Å²) in [7, 11) is 1.71. The molecule has 2 heteroatoms. The molecule has 0 fully saturated rings. The molecular weight excluding hydrogens is 300 g/mol. The topological polar surface area (TPSA) is 9.23 Å². The smallest absolute Gasteiger partial charge is 0.120 e. The third kappa shape index (κ3) is 2.51. The Morgan fingerprint density at radius 1 is 0.739 bits per heavy atom. The summed E-state index contributed by atoms with van der Waals surface area (Å²) in [5, 5.41) is 1.28. The molecule has 0 aliphatic heterocycles. The predicted molar refractivity (Wildman–Crippen MR) is 99.2 cm³/mol. The number of hydrogen-bond donors (Lipinski definition) is 0. The van der Waals surface area contributed by atoms with Crippen LogP contribution in [0.15, 0.2) is 78.9 Å². The van der Waals surface area contributed by atoms with Gasteiger partial charge in [-0.05, 0) is 29.3 Å². The summed E-state index contributed by atoms with van der Waals surface area (Å²) in [6, 6.07) is 27.5. The summed E-state index contributed by atoms with van der Waals surface area (Å²) >= 11 is 1.82. The molecule has 0 atom stereocenters. The molecule has 23 heavy (non-hydrogen) atoms. The van der Waals surface area contributed by atoms with Crippen molar-refractivity contribution in [2.45, 2.75) is 0 Å². The van der Waals surface area contributed by atoms with Gasteiger partial charge in [-0.15, -0.1) is 11.3 Å². The second-order valence-electron chi connectivity index (χ2n) is 5.40. The highest BCUT2D eigenvalue weighted by Crippen LogP contribution is 2.45. The molecule has 4 rings (SSSR count). The molecule has 1 heterocycles. The largest absolute Gasteiger partial charge is 0.497 e. The number of benzene rings is 3. The number of rotatable bonds is 3. The second-order valence-corrected chi connectivity index (χ2v) is 6.45. The van der Waals surface area contributed by atoms with Crippen molar-refractivity contribution in [3.05, 3.63) is 78.9 Å². The van der Waals surface area contributed by atoms with Crippen LogP contribution in [0.4, 0.5) is 0 Å². The first-order valence-electron chi connectivity index (χ1n) is 7.58. The molecule has 0 unspecified atom stereocenters. The van der Waals surface area contributed by atoms with Crippen molar-refractivity contribution in [1.29, 1.82) is 0 Å². The minimum atomic E-state index is 0.901. The van der Waals surface area contributed by atoms with Crippen molar-refractivity contribution in [3.8, 4) is 27.3 Å². The van der Waals surface area contributed by atoms with E-state index in [0.717, 1.165) is 5.75 Å². The van der Waals surface area contributed by atoms with Crippen molar-refractivity contribution in [1.82, 2.24) is 0 Å². The molecule has 1 nitrogen and oxygen atoms in total. The van der Waals surface area contributed by atoms with Gasteiger partial charge in [-0.25, -0.2) is 0 Å². The van der Waals surface area contributed by atoms with Crippen LogP contribution >= 0.6 is 11.3 Å². The lowest BCUT2D eigenvalue weighted by Crippen LogP contribution is -1.82. The highest BCUT2D eigenvalue weighted by Gasteiger charge is 2.15. The molecule has 0 aliphatic carbocycles. The van der Waals surface area contributed by atoms with Crippen LogP contribution in [0.1, 0.15) is 0 Å². The number of hydrogen-bond acceptors (Lipinski definition) is 2. The van der Waals surface area contributed by atoms with E-state index in [1.165, 1.54) is 31.7 Å². The summed E-state index contributed by atoms with van der Waals surface area (Å²) in [6.07, 6.45) is 0. The maximum atomic E-state index is 5.39. The lowest BCUT2D eigenvalue weighted by atomic mass is 9.99. The first-order chi connectivity index (χ1) is 11.4. The van der Waals surface area contributed by atoms with Crippen LogP contribution in [-0.4, -0.2) is 7.11 Å². The van der Waals surface area contributed by atoms with Gasteiger partial charge in [-0.1, -0.05) is 60.7 Å². The van der Waals surface area contributed by atoms with Crippen LogP contribution in [0.2, 0.25) is 0 Å². The molecule has 112 valence electrons. The standard InChI is InChI=1S/C21H16OS/c1-22-17-12-13-18-19(14-17)23-21(16-10-6-3-7-11-16)20(18)15-8-4-2-5-9-15/h2-14H,1H3. The van der Waals surface area contributed by atoms with Gasteiger partial charge in [-0.3, -0.25) is 0 Å². The zero-order valence-corrected chi connectivity index (χ0v) is 13.6. The second kappa shape index (κ2) is 5.90. The van der Waals surface area contributed by atoms with E-state index in [2.05, 4.69) is 72.8 Å². The summed E-state index contributed by atoms with van der Waals surface area (Å²) < 4.78 is 6.64. The fraction of sp³-hybridized carbons (Fsp3) is 0.0476. The van der Waals surface area contributed by atoms with Crippen molar-refractivity contribution >= 4 is 21.4 Å².